The summed E-state index contributed by atoms with van der Waals surface area (Å²) in [4.78, 5) is 25.8. The molecule has 0 radical (unpaired) electrons. The number of piperidine rings is 1. The number of likely N-dealkylation sites (N-methyl/N-ethyl adjacent to an activating group) is 1. The standard InChI is InChI=1S/C18H27N3O4.ClH/c1-21(2)16(22)12-25-15-6-4-14(5-7-15)20-17(23)18(13-24-3)8-10-19-11-9-18;/h4-7,19H,8-13H2,1-3H3,(H,20,23);1H. The molecule has 0 aliphatic carbocycles. The van der Waals surface area contributed by atoms with Crippen LogP contribution in [-0.2, 0) is 14.3 Å². The molecule has 0 unspecified atom stereocenters. The minimum Gasteiger partial charge on any atom is -0.484 e. The zero-order valence-corrected chi connectivity index (χ0v) is 16.4. The number of ether oxygens (including phenoxy) is 2. The van der Waals surface area contributed by atoms with Crippen molar-refractivity contribution in [2.75, 3.05) is 52.8 Å². The molecule has 1 aliphatic heterocycles. The molecule has 1 aliphatic rings. The zero-order chi connectivity index (χ0) is 18.3. The summed E-state index contributed by atoms with van der Waals surface area (Å²) in [6, 6.07) is 7.03. The third-order valence-corrected chi connectivity index (χ3v) is 4.44. The van der Waals surface area contributed by atoms with E-state index < -0.39 is 5.41 Å². The number of anilines is 1. The molecule has 0 aromatic heterocycles. The largest absolute Gasteiger partial charge is 0.484 e. The van der Waals surface area contributed by atoms with Gasteiger partial charge in [-0.1, -0.05) is 0 Å². The van der Waals surface area contributed by atoms with Gasteiger partial charge in [-0.05, 0) is 50.2 Å². The maximum Gasteiger partial charge on any atom is 0.259 e. The number of benzene rings is 1. The van der Waals surface area contributed by atoms with Gasteiger partial charge < -0.3 is 25.0 Å². The fourth-order valence-corrected chi connectivity index (χ4v) is 2.79. The van der Waals surface area contributed by atoms with Crippen molar-refractivity contribution >= 4 is 29.9 Å². The molecular formula is C18H28ClN3O4. The first-order chi connectivity index (χ1) is 12.0. The van der Waals surface area contributed by atoms with Crippen LogP contribution in [0.5, 0.6) is 5.75 Å². The summed E-state index contributed by atoms with van der Waals surface area (Å²) in [6.07, 6.45) is 1.50. The van der Waals surface area contributed by atoms with E-state index in [0.717, 1.165) is 25.9 Å². The van der Waals surface area contributed by atoms with E-state index in [0.29, 0.717) is 18.0 Å². The van der Waals surface area contributed by atoms with E-state index in [1.54, 1.807) is 45.5 Å². The highest BCUT2D eigenvalue weighted by Crippen LogP contribution is 2.31. The smallest absolute Gasteiger partial charge is 0.259 e. The SMILES string of the molecule is COCC1(C(=O)Nc2ccc(OCC(=O)N(C)C)cc2)CCNCC1.Cl. The van der Waals surface area contributed by atoms with Gasteiger partial charge in [-0.2, -0.15) is 0 Å². The van der Waals surface area contributed by atoms with Gasteiger partial charge in [0.2, 0.25) is 5.91 Å². The summed E-state index contributed by atoms with van der Waals surface area (Å²) in [5, 5.41) is 6.24. The molecule has 1 fully saturated rings. The average Bonchev–Trinajstić information content (AvgIpc) is 2.61. The third kappa shape index (κ3) is 5.86. The van der Waals surface area contributed by atoms with Gasteiger partial charge in [0.15, 0.2) is 6.61 Å². The molecule has 0 atom stereocenters. The number of carbonyl (C=O) groups is 2. The number of nitrogens with zero attached hydrogens (tertiary/aromatic N) is 1. The van der Waals surface area contributed by atoms with Crippen LogP contribution in [0.3, 0.4) is 0 Å². The van der Waals surface area contributed by atoms with Gasteiger partial charge in [0, 0.05) is 26.9 Å². The Morgan fingerprint density at radius 2 is 1.81 bits per heavy atom. The Morgan fingerprint density at radius 1 is 1.19 bits per heavy atom. The van der Waals surface area contributed by atoms with Crippen LogP contribution in [0.4, 0.5) is 5.69 Å². The lowest BCUT2D eigenvalue weighted by Crippen LogP contribution is -2.47. The van der Waals surface area contributed by atoms with Crippen LogP contribution in [0.1, 0.15) is 12.8 Å². The number of halogens is 1. The van der Waals surface area contributed by atoms with Crippen LogP contribution in [0.25, 0.3) is 0 Å². The van der Waals surface area contributed by atoms with Crippen LogP contribution in [0.15, 0.2) is 24.3 Å². The lowest BCUT2D eigenvalue weighted by molar-refractivity contribution is -0.131. The van der Waals surface area contributed by atoms with E-state index in [1.807, 2.05) is 0 Å². The van der Waals surface area contributed by atoms with Crippen LogP contribution in [0, 0.1) is 5.41 Å². The summed E-state index contributed by atoms with van der Waals surface area (Å²) in [7, 11) is 4.99. The van der Waals surface area contributed by atoms with Crippen LogP contribution < -0.4 is 15.4 Å². The van der Waals surface area contributed by atoms with Crippen molar-refractivity contribution < 1.29 is 19.1 Å². The zero-order valence-electron chi connectivity index (χ0n) is 15.5. The third-order valence-electron chi connectivity index (χ3n) is 4.44. The van der Waals surface area contributed by atoms with E-state index in [1.165, 1.54) is 4.90 Å². The Labute approximate surface area is 160 Å². The number of hydrogen-bond donors (Lipinski definition) is 2. The monoisotopic (exact) mass is 385 g/mol. The molecule has 1 saturated heterocycles. The van der Waals surface area contributed by atoms with Gasteiger partial charge in [-0.3, -0.25) is 9.59 Å². The summed E-state index contributed by atoms with van der Waals surface area (Å²) in [6.45, 7) is 2.02. The van der Waals surface area contributed by atoms with Gasteiger partial charge in [0.05, 0.1) is 12.0 Å². The molecule has 26 heavy (non-hydrogen) atoms. The maximum atomic E-state index is 12.8. The fraction of sp³-hybridized carbons (Fsp3) is 0.556. The Hall–Kier alpha value is -1.83. The highest BCUT2D eigenvalue weighted by molar-refractivity contribution is 5.95. The van der Waals surface area contributed by atoms with Gasteiger partial charge in [0.1, 0.15) is 5.75 Å². The molecule has 0 saturated carbocycles. The highest BCUT2D eigenvalue weighted by atomic mass is 35.5. The highest BCUT2D eigenvalue weighted by Gasteiger charge is 2.39. The Morgan fingerprint density at radius 3 is 2.35 bits per heavy atom. The first kappa shape index (κ1) is 22.2. The second-order valence-corrected chi connectivity index (χ2v) is 6.52. The van der Waals surface area contributed by atoms with Crippen LogP contribution in [-0.4, -0.2) is 64.2 Å². The summed E-state index contributed by atoms with van der Waals surface area (Å²) >= 11 is 0. The molecule has 146 valence electrons. The van der Waals surface area contributed by atoms with Crippen molar-refractivity contribution in [1.82, 2.24) is 10.2 Å². The maximum absolute atomic E-state index is 12.8. The van der Waals surface area contributed by atoms with Crippen molar-refractivity contribution in [1.29, 1.82) is 0 Å². The average molecular weight is 386 g/mol. The van der Waals surface area contributed by atoms with E-state index in [2.05, 4.69) is 10.6 Å². The Kier molecular flexibility index (Phi) is 8.84. The lowest BCUT2D eigenvalue weighted by atomic mass is 9.78. The predicted molar refractivity (Wildman–Crippen MR) is 103 cm³/mol. The van der Waals surface area contributed by atoms with Crippen molar-refractivity contribution in [3.8, 4) is 5.75 Å². The normalized spacial score (nSPS) is 15.5. The minimum atomic E-state index is -0.493. The first-order valence-electron chi connectivity index (χ1n) is 8.41. The van der Waals surface area contributed by atoms with Gasteiger partial charge in [0.25, 0.3) is 5.91 Å². The van der Waals surface area contributed by atoms with Crippen LogP contribution >= 0.6 is 12.4 Å². The number of carbonyl (C=O) groups excluding carboxylic acids is 2. The van der Waals surface area contributed by atoms with Gasteiger partial charge in [-0.25, -0.2) is 0 Å². The van der Waals surface area contributed by atoms with Crippen molar-refractivity contribution in [3.63, 3.8) is 0 Å². The first-order valence-corrected chi connectivity index (χ1v) is 8.41. The molecule has 7 nitrogen and oxygen atoms in total. The van der Waals surface area contributed by atoms with E-state index in [9.17, 15) is 9.59 Å². The number of nitrogens with one attached hydrogen (secondary N) is 2. The lowest BCUT2D eigenvalue weighted by Gasteiger charge is -2.35. The number of hydrogen-bond acceptors (Lipinski definition) is 5. The Bertz CT molecular complexity index is 581. The summed E-state index contributed by atoms with van der Waals surface area (Å²) in [5.74, 6) is 0.457. The molecule has 0 spiro atoms. The molecule has 8 heteroatoms. The van der Waals surface area contributed by atoms with E-state index >= 15 is 0 Å². The number of methoxy groups -OCH3 is 1. The van der Waals surface area contributed by atoms with Gasteiger partial charge in [-0.15, -0.1) is 12.4 Å². The molecule has 2 rings (SSSR count). The van der Waals surface area contributed by atoms with E-state index in [-0.39, 0.29) is 30.8 Å². The van der Waals surface area contributed by atoms with E-state index in [4.69, 9.17) is 9.47 Å². The van der Waals surface area contributed by atoms with Crippen molar-refractivity contribution in [2.45, 2.75) is 12.8 Å². The topological polar surface area (TPSA) is 79.9 Å². The molecule has 2 N–H and O–H groups in total. The van der Waals surface area contributed by atoms with Crippen molar-refractivity contribution in [3.05, 3.63) is 24.3 Å². The molecule has 1 aromatic carbocycles. The van der Waals surface area contributed by atoms with Crippen LogP contribution in [0.2, 0.25) is 0 Å². The number of amides is 2. The summed E-state index contributed by atoms with van der Waals surface area (Å²) < 4.78 is 10.7. The quantitative estimate of drug-likeness (QED) is 0.744. The molecule has 1 aromatic rings. The molecular weight excluding hydrogens is 358 g/mol. The molecule has 0 bridgehead atoms. The number of rotatable bonds is 7. The second kappa shape index (κ2) is 10.4. The molecule has 2 amide bonds. The molecule has 1 heterocycles. The second-order valence-electron chi connectivity index (χ2n) is 6.52. The fourth-order valence-electron chi connectivity index (χ4n) is 2.79. The summed E-state index contributed by atoms with van der Waals surface area (Å²) in [5.41, 5.74) is 0.207. The predicted octanol–water partition coefficient (Wildman–Crippen LogP) is 1.53. The van der Waals surface area contributed by atoms with Gasteiger partial charge >= 0.3 is 0 Å². The Balaban J connectivity index is 0.00000338. The minimum absolute atomic E-state index is 0. The van der Waals surface area contributed by atoms with Crippen molar-refractivity contribution in [2.24, 2.45) is 5.41 Å².